The maximum Gasteiger partial charge on any atom is 0.220 e. The van der Waals surface area contributed by atoms with E-state index >= 15 is 0 Å². The Bertz CT molecular complexity index is 339. The molecule has 1 amide bonds. The molecule has 5 nitrogen and oxygen atoms in total. The minimum absolute atomic E-state index is 0.0239. The van der Waals surface area contributed by atoms with Crippen molar-refractivity contribution in [3.8, 4) is 0 Å². The van der Waals surface area contributed by atoms with Crippen LogP contribution in [0.2, 0.25) is 0 Å². The van der Waals surface area contributed by atoms with Crippen molar-refractivity contribution in [2.24, 2.45) is 5.92 Å². The third-order valence-electron chi connectivity index (χ3n) is 3.14. The fraction of sp³-hybridized carbons (Fsp3) is 0.917. The molecule has 0 spiro atoms. The van der Waals surface area contributed by atoms with E-state index in [0.29, 0.717) is 39.0 Å². The molecule has 18 heavy (non-hydrogen) atoms. The van der Waals surface area contributed by atoms with Gasteiger partial charge in [0.25, 0.3) is 0 Å². The van der Waals surface area contributed by atoms with Crippen molar-refractivity contribution in [2.45, 2.75) is 32.6 Å². The fourth-order valence-corrected chi connectivity index (χ4v) is 3.61. The third-order valence-corrected chi connectivity index (χ3v) is 4.86. The van der Waals surface area contributed by atoms with Crippen LogP contribution in [0.3, 0.4) is 0 Å². The molecule has 0 radical (unpaired) electrons. The molecule has 1 aliphatic rings. The van der Waals surface area contributed by atoms with Crippen molar-refractivity contribution in [2.75, 3.05) is 31.3 Å². The van der Waals surface area contributed by atoms with E-state index in [1.807, 2.05) is 6.92 Å². The van der Waals surface area contributed by atoms with Gasteiger partial charge in [-0.05, 0) is 32.1 Å². The Labute approximate surface area is 109 Å². The first kappa shape index (κ1) is 15.4. The van der Waals surface area contributed by atoms with Gasteiger partial charge in [-0.25, -0.2) is 8.42 Å². The molecule has 0 aromatic rings. The van der Waals surface area contributed by atoms with Crippen LogP contribution < -0.4 is 5.32 Å². The Morgan fingerprint density at radius 3 is 2.61 bits per heavy atom. The van der Waals surface area contributed by atoms with Crippen LogP contribution in [0.4, 0.5) is 0 Å². The summed E-state index contributed by atoms with van der Waals surface area (Å²) in [6, 6.07) is 0. The summed E-state index contributed by atoms with van der Waals surface area (Å²) in [7, 11) is -2.83. The van der Waals surface area contributed by atoms with Gasteiger partial charge in [0.15, 0.2) is 0 Å². The molecule has 0 aliphatic carbocycles. The van der Waals surface area contributed by atoms with Gasteiger partial charge in [-0.2, -0.15) is 0 Å². The highest BCUT2D eigenvalue weighted by atomic mass is 32.2. The van der Waals surface area contributed by atoms with E-state index in [9.17, 15) is 13.2 Å². The fourth-order valence-electron chi connectivity index (χ4n) is 2.02. The third kappa shape index (κ3) is 6.35. The normalized spacial score (nSPS) is 19.6. The van der Waals surface area contributed by atoms with Gasteiger partial charge in [0.2, 0.25) is 5.91 Å². The minimum atomic E-state index is -2.83. The monoisotopic (exact) mass is 277 g/mol. The lowest BCUT2D eigenvalue weighted by molar-refractivity contribution is -0.122. The van der Waals surface area contributed by atoms with Gasteiger partial charge in [0.1, 0.15) is 9.84 Å². The van der Waals surface area contributed by atoms with Gasteiger partial charge in [-0.1, -0.05) is 0 Å². The molecular formula is C12H23NO4S. The van der Waals surface area contributed by atoms with E-state index in [2.05, 4.69) is 5.32 Å². The number of amides is 1. The summed E-state index contributed by atoms with van der Waals surface area (Å²) < 4.78 is 27.6. The zero-order valence-electron chi connectivity index (χ0n) is 11.0. The summed E-state index contributed by atoms with van der Waals surface area (Å²) in [5.41, 5.74) is 0. The lowest BCUT2D eigenvalue weighted by Crippen LogP contribution is -2.30. The van der Waals surface area contributed by atoms with E-state index in [-0.39, 0.29) is 23.3 Å². The number of ether oxygens (including phenoxy) is 1. The van der Waals surface area contributed by atoms with Crippen molar-refractivity contribution in [1.29, 1.82) is 0 Å². The van der Waals surface area contributed by atoms with E-state index in [1.54, 1.807) is 0 Å². The quantitative estimate of drug-likeness (QED) is 0.697. The van der Waals surface area contributed by atoms with Crippen LogP contribution in [0.5, 0.6) is 0 Å². The SMILES string of the molecule is CCOCCCNC(=O)CC1CCS(=O)(=O)CC1. The molecule has 106 valence electrons. The van der Waals surface area contributed by atoms with E-state index in [1.165, 1.54) is 0 Å². The molecule has 1 aliphatic heterocycles. The Balaban J connectivity index is 2.10. The van der Waals surface area contributed by atoms with E-state index in [0.717, 1.165) is 6.42 Å². The van der Waals surface area contributed by atoms with Crippen LogP contribution in [0.15, 0.2) is 0 Å². The van der Waals surface area contributed by atoms with Gasteiger partial charge < -0.3 is 10.1 Å². The Morgan fingerprint density at radius 2 is 2.00 bits per heavy atom. The maximum absolute atomic E-state index is 11.6. The van der Waals surface area contributed by atoms with Gasteiger partial charge >= 0.3 is 0 Å². The van der Waals surface area contributed by atoms with E-state index < -0.39 is 9.84 Å². The number of carbonyl (C=O) groups is 1. The molecule has 1 N–H and O–H groups in total. The second-order valence-electron chi connectivity index (χ2n) is 4.70. The van der Waals surface area contributed by atoms with Crippen LogP contribution in [-0.4, -0.2) is 45.6 Å². The van der Waals surface area contributed by atoms with Crippen LogP contribution in [0.25, 0.3) is 0 Å². The van der Waals surface area contributed by atoms with Crippen molar-refractivity contribution in [3.05, 3.63) is 0 Å². The molecule has 1 fully saturated rings. The molecule has 0 aromatic heterocycles. The number of sulfone groups is 1. The standard InChI is InChI=1S/C12H23NO4S/c1-2-17-7-3-6-13-12(14)10-11-4-8-18(15,16)9-5-11/h11H,2-10H2,1H3,(H,13,14). The molecule has 0 aromatic carbocycles. The van der Waals surface area contributed by atoms with Gasteiger partial charge in [0.05, 0.1) is 11.5 Å². The lowest BCUT2D eigenvalue weighted by atomic mass is 9.98. The average Bonchev–Trinajstić information content (AvgIpc) is 2.32. The highest BCUT2D eigenvalue weighted by molar-refractivity contribution is 7.91. The zero-order valence-corrected chi connectivity index (χ0v) is 11.8. The van der Waals surface area contributed by atoms with Gasteiger partial charge in [-0.3, -0.25) is 4.79 Å². The lowest BCUT2D eigenvalue weighted by Gasteiger charge is -2.21. The number of nitrogens with one attached hydrogen (secondary N) is 1. The summed E-state index contributed by atoms with van der Waals surface area (Å²) in [5.74, 6) is 0.709. The highest BCUT2D eigenvalue weighted by Crippen LogP contribution is 2.21. The maximum atomic E-state index is 11.6. The number of rotatable bonds is 7. The Kier molecular flexibility index (Phi) is 6.63. The molecular weight excluding hydrogens is 254 g/mol. The van der Waals surface area contributed by atoms with Crippen molar-refractivity contribution in [1.82, 2.24) is 5.32 Å². The van der Waals surface area contributed by atoms with Crippen LogP contribution >= 0.6 is 0 Å². The molecule has 6 heteroatoms. The largest absolute Gasteiger partial charge is 0.382 e. The zero-order chi connectivity index (χ0) is 13.4. The van der Waals surface area contributed by atoms with Gasteiger partial charge in [0, 0.05) is 26.2 Å². The number of hydrogen-bond acceptors (Lipinski definition) is 4. The molecule has 0 atom stereocenters. The second-order valence-corrected chi connectivity index (χ2v) is 7.00. The van der Waals surface area contributed by atoms with Crippen molar-refractivity contribution < 1.29 is 17.9 Å². The minimum Gasteiger partial charge on any atom is -0.382 e. The van der Waals surface area contributed by atoms with Gasteiger partial charge in [-0.15, -0.1) is 0 Å². The molecule has 1 heterocycles. The first-order chi connectivity index (χ1) is 8.53. The van der Waals surface area contributed by atoms with Crippen LogP contribution in [0, 0.1) is 5.92 Å². The molecule has 0 saturated carbocycles. The number of hydrogen-bond donors (Lipinski definition) is 1. The summed E-state index contributed by atoms with van der Waals surface area (Å²) in [6.07, 6.45) is 2.51. The van der Waals surface area contributed by atoms with Crippen molar-refractivity contribution in [3.63, 3.8) is 0 Å². The number of carbonyl (C=O) groups excluding carboxylic acids is 1. The average molecular weight is 277 g/mol. The Hall–Kier alpha value is -0.620. The second kappa shape index (κ2) is 7.74. The molecule has 1 saturated heterocycles. The first-order valence-corrected chi connectivity index (χ1v) is 8.40. The predicted octanol–water partition coefficient (Wildman–Crippen LogP) is 0.744. The highest BCUT2D eigenvalue weighted by Gasteiger charge is 2.24. The molecule has 1 rings (SSSR count). The topological polar surface area (TPSA) is 72.5 Å². The van der Waals surface area contributed by atoms with Crippen LogP contribution in [-0.2, 0) is 19.4 Å². The summed E-state index contributed by atoms with van der Waals surface area (Å²) >= 11 is 0. The van der Waals surface area contributed by atoms with Crippen LogP contribution in [0.1, 0.15) is 32.6 Å². The Morgan fingerprint density at radius 1 is 1.33 bits per heavy atom. The molecule has 0 bridgehead atoms. The smallest absolute Gasteiger partial charge is 0.220 e. The van der Waals surface area contributed by atoms with E-state index in [4.69, 9.17) is 4.74 Å². The van der Waals surface area contributed by atoms with Crippen molar-refractivity contribution >= 4 is 15.7 Å². The first-order valence-electron chi connectivity index (χ1n) is 6.58. The summed E-state index contributed by atoms with van der Waals surface area (Å²) in [4.78, 5) is 11.6. The predicted molar refractivity (Wildman–Crippen MR) is 70.1 cm³/mol. The summed E-state index contributed by atoms with van der Waals surface area (Å²) in [5, 5.41) is 2.84. The summed E-state index contributed by atoms with van der Waals surface area (Å²) in [6.45, 7) is 3.93. The molecule has 0 unspecified atom stereocenters.